The lowest BCUT2D eigenvalue weighted by Crippen LogP contribution is -2.27. The van der Waals surface area contributed by atoms with E-state index in [1.54, 1.807) is 13.8 Å². The number of hydrogen-bond donors (Lipinski definition) is 2. The summed E-state index contributed by atoms with van der Waals surface area (Å²) in [5, 5.41) is 11.3. The van der Waals surface area contributed by atoms with E-state index in [9.17, 15) is 5.11 Å². The average Bonchev–Trinajstić information content (AvgIpc) is 2.83. The number of imidazole rings is 1. The highest BCUT2D eigenvalue weighted by molar-refractivity contribution is 6.06. The van der Waals surface area contributed by atoms with Gasteiger partial charge < -0.3 is 20.1 Å². The molecule has 0 fully saturated rings. The van der Waals surface area contributed by atoms with Crippen LogP contribution in [0.2, 0.25) is 0 Å². The summed E-state index contributed by atoms with van der Waals surface area (Å²) < 4.78 is 7.52. The van der Waals surface area contributed by atoms with Gasteiger partial charge in [0.05, 0.1) is 23.2 Å². The van der Waals surface area contributed by atoms with Gasteiger partial charge >= 0.3 is 0 Å². The SMILES string of the molecule is C.CCOCc1nc2c(N)nc3ccccc3c2n1CC(C)(C)O. The summed E-state index contributed by atoms with van der Waals surface area (Å²) in [6, 6.07) is 7.81. The number of fused-ring (bicyclic) bond motifs is 3. The molecule has 6 heteroatoms. The predicted molar refractivity (Wildman–Crippen MR) is 97.8 cm³/mol. The van der Waals surface area contributed by atoms with Crippen LogP contribution in [0, 0.1) is 0 Å². The molecule has 2 heterocycles. The average molecular weight is 330 g/mol. The summed E-state index contributed by atoms with van der Waals surface area (Å²) >= 11 is 0. The molecule has 3 N–H and O–H groups in total. The first kappa shape index (κ1) is 18.2. The van der Waals surface area contributed by atoms with E-state index in [1.165, 1.54) is 0 Å². The minimum atomic E-state index is -0.881. The van der Waals surface area contributed by atoms with Gasteiger partial charge in [-0.2, -0.15) is 0 Å². The fraction of sp³-hybridized carbons (Fsp3) is 0.444. The number of para-hydroxylation sites is 1. The topological polar surface area (TPSA) is 86.2 Å². The standard InChI is InChI=1S/C17H22N4O2.CH4/c1-4-23-9-13-20-14-15(21(13)10-17(2,3)22)11-7-5-6-8-12(11)19-16(14)18;/h5-8,22H,4,9-10H2,1-3H3,(H2,18,19);1H4. The van der Waals surface area contributed by atoms with Crippen LogP contribution in [0.1, 0.15) is 34.0 Å². The van der Waals surface area contributed by atoms with Gasteiger partial charge in [0.15, 0.2) is 5.82 Å². The van der Waals surface area contributed by atoms with Crippen molar-refractivity contribution in [2.45, 2.75) is 47.0 Å². The van der Waals surface area contributed by atoms with E-state index in [0.717, 1.165) is 22.2 Å². The number of nitrogens with zero attached hydrogens (tertiary/aromatic N) is 3. The van der Waals surface area contributed by atoms with Crippen molar-refractivity contribution in [1.29, 1.82) is 0 Å². The number of nitrogen functional groups attached to an aromatic ring is 1. The maximum absolute atomic E-state index is 10.3. The molecule has 130 valence electrons. The van der Waals surface area contributed by atoms with Crippen LogP contribution in [-0.2, 0) is 17.9 Å². The molecule has 1 aromatic carbocycles. The molecule has 2 aromatic heterocycles. The number of aromatic nitrogens is 3. The molecule has 0 amide bonds. The van der Waals surface area contributed by atoms with Crippen molar-refractivity contribution >= 4 is 27.8 Å². The Balaban J connectivity index is 0.00000208. The molecule has 3 rings (SSSR count). The molecule has 3 aromatic rings. The van der Waals surface area contributed by atoms with E-state index in [1.807, 2.05) is 35.8 Å². The first-order valence-electron chi connectivity index (χ1n) is 7.74. The summed E-state index contributed by atoms with van der Waals surface area (Å²) in [4.78, 5) is 9.06. The van der Waals surface area contributed by atoms with Gasteiger partial charge in [0.25, 0.3) is 0 Å². The second kappa shape index (κ2) is 6.75. The lowest BCUT2D eigenvalue weighted by Gasteiger charge is -2.20. The smallest absolute Gasteiger partial charge is 0.152 e. The maximum Gasteiger partial charge on any atom is 0.152 e. The molecule has 0 bridgehead atoms. The highest BCUT2D eigenvalue weighted by Gasteiger charge is 2.22. The van der Waals surface area contributed by atoms with Gasteiger partial charge in [0.2, 0.25) is 0 Å². The van der Waals surface area contributed by atoms with E-state index in [4.69, 9.17) is 10.5 Å². The molecule has 0 saturated carbocycles. The molecule has 0 unspecified atom stereocenters. The Morgan fingerprint density at radius 1 is 1.25 bits per heavy atom. The summed E-state index contributed by atoms with van der Waals surface area (Å²) in [5.41, 5.74) is 7.59. The second-order valence-corrected chi connectivity index (χ2v) is 6.28. The van der Waals surface area contributed by atoms with Crippen LogP contribution in [0.4, 0.5) is 5.82 Å². The van der Waals surface area contributed by atoms with Gasteiger partial charge in [-0.3, -0.25) is 0 Å². The Labute approximate surface area is 142 Å². The monoisotopic (exact) mass is 330 g/mol. The normalized spacial score (nSPS) is 11.8. The fourth-order valence-corrected chi connectivity index (χ4v) is 2.77. The van der Waals surface area contributed by atoms with Crippen molar-refractivity contribution in [3.63, 3.8) is 0 Å². The second-order valence-electron chi connectivity index (χ2n) is 6.28. The zero-order valence-corrected chi connectivity index (χ0v) is 13.7. The van der Waals surface area contributed by atoms with Crippen molar-refractivity contribution in [1.82, 2.24) is 14.5 Å². The van der Waals surface area contributed by atoms with Crippen LogP contribution < -0.4 is 5.73 Å². The van der Waals surface area contributed by atoms with Crippen molar-refractivity contribution in [3.8, 4) is 0 Å². The third-order valence-corrected chi connectivity index (χ3v) is 3.67. The number of benzene rings is 1. The molecule has 0 radical (unpaired) electrons. The van der Waals surface area contributed by atoms with Crippen LogP contribution in [-0.4, -0.2) is 31.8 Å². The summed E-state index contributed by atoms with van der Waals surface area (Å²) in [6.45, 7) is 6.86. The maximum atomic E-state index is 10.3. The Bertz CT molecular complexity index is 849. The van der Waals surface area contributed by atoms with Gasteiger partial charge in [0.1, 0.15) is 17.9 Å². The molecule has 0 aliphatic carbocycles. The van der Waals surface area contributed by atoms with E-state index >= 15 is 0 Å². The molecular weight excluding hydrogens is 304 g/mol. The summed E-state index contributed by atoms with van der Waals surface area (Å²) in [6.07, 6.45) is 0. The molecule has 24 heavy (non-hydrogen) atoms. The predicted octanol–water partition coefficient (Wildman–Crippen LogP) is 3.11. The first-order chi connectivity index (χ1) is 10.9. The number of hydrogen-bond acceptors (Lipinski definition) is 5. The quantitative estimate of drug-likeness (QED) is 0.750. The van der Waals surface area contributed by atoms with Crippen LogP contribution in [0.3, 0.4) is 0 Å². The molecule has 0 aliphatic rings. The van der Waals surface area contributed by atoms with Crippen LogP contribution in [0.15, 0.2) is 24.3 Å². The minimum Gasteiger partial charge on any atom is -0.389 e. The Kier molecular flexibility index (Phi) is 5.11. The third-order valence-electron chi connectivity index (χ3n) is 3.67. The lowest BCUT2D eigenvalue weighted by molar-refractivity contribution is 0.0582. The van der Waals surface area contributed by atoms with Gasteiger partial charge in [-0.15, -0.1) is 0 Å². The van der Waals surface area contributed by atoms with Crippen molar-refractivity contribution < 1.29 is 9.84 Å². The molecule has 0 aliphatic heterocycles. The van der Waals surface area contributed by atoms with E-state index < -0.39 is 5.60 Å². The molecule has 0 spiro atoms. The van der Waals surface area contributed by atoms with Gasteiger partial charge in [-0.05, 0) is 26.8 Å². The number of ether oxygens (including phenoxy) is 1. The van der Waals surface area contributed by atoms with Crippen molar-refractivity contribution in [2.24, 2.45) is 0 Å². The minimum absolute atomic E-state index is 0. The summed E-state index contributed by atoms with van der Waals surface area (Å²) in [7, 11) is 0. The van der Waals surface area contributed by atoms with Crippen LogP contribution in [0.5, 0.6) is 0 Å². The fourth-order valence-electron chi connectivity index (χ4n) is 2.77. The largest absolute Gasteiger partial charge is 0.389 e. The molecule has 0 saturated heterocycles. The van der Waals surface area contributed by atoms with Gasteiger partial charge in [0, 0.05) is 12.0 Å². The zero-order chi connectivity index (χ0) is 16.6. The van der Waals surface area contributed by atoms with Crippen molar-refractivity contribution in [3.05, 3.63) is 30.1 Å². The number of aliphatic hydroxyl groups is 1. The molecular formula is C18H26N4O2. The summed E-state index contributed by atoms with van der Waals surface area (Å²) in [5.74, 6) is 1.14. The number of nitrogens with two attached hydrogens (primary N) is 1. The van der Waals surface area contributed by atoms with E-state index in [0.29, 0.717) is 31.1 Å². The van der Waals surface area contributed by atoms with E-state index in [2.05, 4.69) is 9.97 Å². The number of rotatable bonds is 5. The lowest BCUT2D eigenvalue weighted by atomic mass is 10.1. The highest BCUT2D eigenvalue weighted by atomic mass is 16.5. The molecule has 0 atom stereocenters. The van der Waals surface area contributed by atoms with Crippen molar-refractivity contribution in [2.75, 3.05) is 12.3 Å². The zero-order valence-electron chi connectivity index (χ0n) is 13.7. The van der Waals surface area contributed by atoms with Crippen LogP contribution in [0.25, 0.3) is 21.9 Å². The Morgan fingerprint density at radius 3 is 2.62 bits per heavy atom. The molecule has 6 nitrogen and oxygen atoms in total. The van der Waals surface area contributed by atoms with Gasteiger partial charge in [-0.1, -0.05) is 25.6 Å². The first-order valence-corrected chi connectivity index (χ1v) is 7.74. The van der Waals surface area contributed by atoms with E-state index in [-0.39, 0.29) is 7.43 Å². The van der Waals surface area contributed by atoms with Gasteiger partial charge in [-0.25, -0.2) is 9.97 Å². The number of pyridine rings is 1. The third kappa shape index (κ3) is 3.34. The number of anilines is 1. The Hall–Kier alpha value is -2.18. The van der Waals surface area contributed by atoms with Crippen LogP contribution >= 0.6 is 0 Å². The highest BCUT2D eigenvalue weighted by Crippen LogP contribution is 2.30. The Morgan fingerprint density at radius 2 is 1.96 bits per heavy atom.